The van der Waals surface area contributed by atoms with Crippen molar-refractivity contribution in [2.24, 2.45) is 0 Å². The summed E-state index contributed by atoms with van der Waals surface area (Å²) in [6.45, 7) is 4.00. The van der Waals surface area contributed by atoms with Gasteiger partial charge in [-0.15, -0.1) is 0 Å². The molecule has 0 aliphatic heterocycles. The van der Waals surface area contributed by atoms with Crippen LogP contribution in [0.2, 0.25) is 0 Å². The van der Waals surface area contributed by atoms with E-state index < -0.39 is 0 Å². The molecule has 124 valence electrons. The fraction of sp³-hybridized carbons (Fsp3) is 0.0952. The van der Waals surface area contributed by atoms with Crippen LogP contribution in [0.15, 0.2) is 73.2 Å². The van der Waals surface area contributed by atoms with Crippen molar-refractivity contribution in [3.63, 3.8) is 0 Å². The number of benzene rings is 2. The average Bonchev–Trinajstić information content (AvgIpc) is 2.70. The Kier molecular flexibility index (Phi) is 5.00. The Labute approximate surface area is 147 Å². The molecule has 4 rings (SSSR count). The van der Waals surface area contributed by atoms with Crippen molar-refractivity contribution in [2.75, 3.05) is 5.73 Å². The quantitative estimate of drug-likeness (QED) is 0.564. The smallest absolute Gasteiger partial charge is 0.134 e. The van der Waals surface area contributed by atoms with Gasteiger partial charge >= 0.3 is 0 Å². The summed E-state index contributed by atoms with van der Waals surface area (Å²) in [5.41, 5.74) is 11.0. The van der Waals surface area contributed by atoms with Gasteiger partial charge in [0.15, 0.2) is 0 Å². The van der Waals surface area contributed by atoms with E-state index in [1.165, 1.54) is 6.33 Å². The third-order valence-electron chi connectivity index (χ3n) is 3.83. The predicted molar refractivity (Wildman–Crippen MR) is 104 cm³/mol. The summed E-state index contributed by atoms with van der Waals surface area (Å²) in [6, 6.07) is 20.2. The van der Waals surface area contributed by atoms with Crippen LogP contribution in [0.3, 0.4) is 0 Å². The zero-order valence-electron chi connectivity index (χ0n) is 14.3. The Morgan fingerprint density at radius 3 is 2.36 bits per heavy atom. The molecular weight excluding hydrogens is 308 g/mol. The van der Waals surface area contributed by atoms with Crippen LogP contribution in [0.25, 0.3) is 33.3 Å². The lowest BCUT2D eigenvalue weighted by Gasteiger charge is -2.10. The highest BCUT2D eigenvalue weighted by molar-refractivity contribution is 5.93. The van der Waals surface area contributed by atoms with Gasteiger partial charge in [-0.25, -0.2) is 9.97 Å². The first-order valence-electron chi connectivity index (χ1n) is 8.34. The highest BCUT2D eigenvalue weighted by atomic mass is 14.9. The van der Waals surface area contributed by atoms with Gasteiger partial charge in [0.25, 0.3) is 0 Å². The average molecular weight is 328 g/mol. The highest BCUT2D eigenvalue weighted by Gasteiger charge is 2.10. The third kappa shape index (κ3) is 3.33. The Bertz CT molecular complexity index is 981. The van der Waals surface area contributed by atoms with Gasteiger partial charge in [-0.1, -0.05) is 56.3 Å². The molecular formula is C21H20N4. The minimum Gasteiger partial charge on any atom is -0.383 e. The van der Waals surface area contributed by atoms with E-state index in [1.54, 1.807) is 0 Å². The summed E-state index contributed by atoms with van der Waals surface area (Å²) in [6.07, 6.45) is 3.29. The van der Waals surface area contributed by atoms with Gasteiger partial charge in [-0.2, -0.15) is 0 Å². The lowest BCUT2D eigenvalue weighted by atomic mass is 9.98. The molecule has 0 spiro atoms. The number of nitrogens with zero attached hydrogens (tertiary/aromatic N) is 3. The fourth-order valence-electron chi connectivity index (χ4n) is 2.71. The molecule has 0 atom stereocenters. The molecule has 0 unspecified atom stereocenters. The largest absolute Gasteiger partial charge is 0.383 e. The van der Waals surface area contributed by atoms with E-state index >= 15 is 0 Å². The molecule has 0 aliphatic carbocycles. The molecule has 4 nitrogen and oxygen atoms in total. The standard InChI is InChI=1S/C19H14N4.C2H6/c20-19-16-11-14(8-9-17(16)22-12-23-19)15-7-4-10-21-18(15)13-5-2-1-3-6-13;1-2/h1-12H,(H2,20,22,23);1-2H3. The lowest BCUT2D eigenvalue weighted by Crippen LogP contribution is -1.94. The number of anilines is 1. The van der Waals surface area contributed by atoms with E-state index in [-0.39, 0.29) is 0 Å². The fourth-order valence-corrected chi connectivity index (χ4v) is 2.71. The van der Waals surface area contributed by atoms with Crippen LogP contribution < -0.4 is 5.73 Å². The number of nitrogens with two attached hydrogens (primary N) is 1. The van der Waals surface area contributed by atoms with Crippen LogP contribution in [0.5, 0.6) is 0 Å². The molecule has 25 heavy (non-hydrogen) atoms. The Hall–Kier alpha value is -3.27. The first kappa shape index (κ1) is 16.6. The Balaban J connectivity index is 0.000000880. The molecule has 2 aromatic carbocycles. The second-order valence-electron chi connectivity index (χ2n) is 5.26. The molecule has 0 fully saturated rings. The summed E-state index contributed by atoms with van der Waals surface area (Å²) in [5, 5.41) is 0.855. The molecule has 0 amide bonds. The van der Waals surface area contributed by atoms with E-state index in [1.807, 2.05) is 62.5 Å². The Morgan fingerprint density at radius 1 is 0.760 bits per heavy atom. The molecule has 0 aliphatic rings. The third-order valence-corrected chi connectivity index (χ3v) is 3.83. The summed E-state index contributed by atoms with van der Waals surface area (Å²) < 4.78 is 0. The topological polar surface area (TPSA) is 64.7 Å². The van der Waals surface area contributed by atoms with Gasteiger partial charge in [-0.05, 0) is 23.8 Å². The minimum atomic E-state index is 0.488. The van der Waals surface area contributed by atoms with Crippen molar-refractivity contribution in [2.45, 2.75) is 13.8 Å². The Morgan fingerprint density at radius 2 is 1.56 bits per heavy atom. The highest BCUT2D eigenvalue weighted by Crippen LogP contribution is 2.32. The van der Waals surface area contributed by atoms with Crippen molar-refractivity contribution in [1.82, 2.24) is 15.0 Å². The second-order valence-corrected chi connectivity index (χ2v) is 5.26. The number of hydrogen-bond donors (Lipinski definition) is 1. The van der Waals surface area contributed by atoms with E-state index in [9.17, 15) is 0 Å². The van der Waals surface area contributed by atoms with Gasteiger partial charge in [0, 0.05) is 22.7 Å². The van der Waals surface area contributed by atoms with Crippen molar-refractivity contribution in [3.8, 4) is 22.4 Å². The van der Waals surface area contributed by atoms with E-state index in [4.69, 9.17) is 5.73 Å². The number of pyridine rings is 1. The molecule has 2 N–H and O–H groups in total. The van der Waals surface area contributed by atoms with Gasteiger partial charge in [0.2, 0.25) is 0 Å². The summed E-state index contributed by atoms with van der Waals surface area (Å²) in [7, 11) is 0. The minimum absolute atomic E-state index is 0.488. The SMILES string of the molecule is CC.Nc1ncnc2ccc(-c3cccnc3-c3ccccc3)cc12. The lowest BCUT2D eigenvalue weighted by molar-refractivity contribution is 1.23. The van der Waals surface area contributed by atoms with Crippen molar-refractivity contribution < 1.29 is 0 Å². The van der Waals surface area contributed by atoms with Crippen LogP contribution in [-0.4, -0.2) is 15.0 Å². The summed E-state index contributed by atoms with van der Waals surface area (Å²) >= 11 is 0. The zero-order chi connectivity index (χ0) is 17.6. The second kappa shape index (κ2) is 7.53. The van der Waals surface area contributed by atoms with Crippen LogP contribution in [0, 0.1) is 0 Å². The number of hydrogen-bond acceptors (Lipinski definition) is 4. The molecule has 2 aromatic heterocycles. The molecule has 2 heterocycles. The first-order chi connectivity index (χ1) is 12.3. The van der Waals surface area contributed by atoms with Crippen LogP contribution in [0.1, 0.15) is 13.8 Å². The molecule has 0 saturated heterocycles. The van der Waals surface area contributed by atoms with E-state index in [0.29, 0.717) is 5.82 Å². The normalized spacial score (nSPS) is 10.2. The first-order valence-corrected chi connectivity index (χ1v) is 8.34. The maximum absolute atomic E-state index is 5.99. The molecule has 4 heteroatoms. The predicted octanol–water partition coefficient (Wildman–Crippen LogP) is 4.97. The molecule has 0 bridgehead atoms. The van der Waals surface area contributed by atoms with Gasteiger partial charge in [0.1, 0.15) is 12.1 Å². The molecule has 0 radical (unpaired) electrons. The van der Waals surface area contributed by atoms with Crippen molar-refractivity contribution >= 4 is 16.7 Å². The summed E-state index contributed by atoms with van der Waals surface area (Å²) in [4.78, 5) is 12.9. The number of fused-ring (bicyclic) bond motifs is 1. The van der Waals surface area contributed by atoms with Crippen LogP contribution in [-0.2, 0) is 0 Å². The van der Waals surface area contributed by atoms with Crippen LogP contribution >= 0.6 is 0 Å². The maximum Gasteiger partial charge on any atom is 0.134 e. The van der Waals surface area contributed by atoms with Gasteiger partial charge < -0.3 is 5.73 Å². The zero-order valence-corrected chi connectivity index (χ0v) is 14.3. The monoisotopic (exact) mass is 328 g/mol. The maximum atomic E-state index is 5.99. The van der Waals surface area contributed by atoms with Gasteiger partial charge in [-0.3, -0.25) is 4.98 Å². The van der Waals surface area contributed by atoms with E-state index in [0.717, 1.165) is 33.3 Å². The van der Waals surface area contributed by atoms with Crippen LogP contribution in [0.4, 0.5) is 5.82 Å². The van der Waals surface area contributed by atoms with Gasteiger partial charge in [0.05, 0.1) is 11.2 Å². The van der Waals surface area contributed by atoms with Crippen molar-refractivity contribution in [1.29, 1.82) is 0 Å². The molecule has 0 saturated carbocycles. The number of rotatable bonds is 2. The van der Waals surface area contributed by atoms with E-state index in [2.05, 4.69) is 33.2 Å². The summed E-state index contributed by atoms with van der Waals surface area (Å²) in [5.74, 6) is 0.488. The number of aromatic nitrogens is 3. The van der Waals surface area contributed by atoms with Crippen molar-refractivity contribution in [3.05, 3.63) is 73.2 Å². The molecule has 4 aromatic rings. The number of nitrogen functional groups attached to an aromatic ring is 1.